The van der Waals surface area contributed by atoms with Crippen molar-refractivity contribution in [1.29, 1.82) is 0 Å². The van der Waals surface area contributed by atoms with Gasteiger partial charge in [-0.2, -0.15) is 0 Å². The van der Waals surface area contributed by atoms with E-state index in [9.17, 15) is 4.79 Å². The van der Waals surface area contributed by atoms with Gasteiger partial charge in [0.1, 0.15) is 0 Å². The monoisotopic (exact) mass is 234 g/mol. The zero-order valence-corrected chi connectivity index (χ0v) is 10.7. The Kier molecular flexibility index (Phi) is 5.70. The van der Waals surface area contributed by atoms with E-state index in [1.165, 1.54) is 5.56 Å². The summed E-state index contributed by atoms with van der Waals surface area (Å²) in [6, 6.07) is 7.48. The molecule has 94 valence electrons. The molecule has 1 aromatic carbocycles. The van der Waals surface area contributed by atoms with Gasteiger partial charge in [0.15, 0.2) is 0 Å². The first-order valence-corrected chi connectivity index (χ1v) is 6.32. The van der Waals surface area contributed by atoms with Crippen LogP contribution in [0.3, 0.4) is 0 Å². The minimum absolute atomic E-state index is 0.0947. The number of aryl methyl sites for hydroxylation is 1. The van der Waals surface area contributed by atoms with Gasteiger partial charge in [-0.25, -0.2) is 0 Å². The molecule has 0 aliphatic carbocycles. The summed E-state index contributed by atoms with van der Waals surface area (Å²) in [4.78, 5) is 11.7. The maximum absolute atomic E-state index is 11.7. The first-order chi connectivity index (χ1) is 8.17. The van der Waals surface area contributed by atoms with Crippen LogP contribution in [0.4, 0.5) is 5.69 Å². The molecule has 0 aromatic heterocycles. The Morgan fingerprint density at radius 2 is 1.94 bits per heavy atom. The van der Waals surface area contributed by atoms with E-state index in [4.69, 9.17) is 5.73 Å². The van der Waals surface area contributed by atoms with Crippen LogP contribution in [-0.4, -0.2) is 11.9 Å². The van der Waals surface area contributed by atoms with Crippen molar-refractivity contribution in [3.8, 4) is 0 Å². The molecular formula is C14H22N2O. The molecule has 3 N–H and O–H groups in total. The molecule has 3 heteroatoms. The Bertz CT molecular complexity index is 346. The Morgan fingerprint density at radius 1 is 1.29 bits per heavy atom. The third kappa shape index (κ3) is 4.57. The number of carbonyl (C=O) groups excluding carboxylic acids is 1. The molecule has 0 aliphatic heterocycles. The largest absolute Gasteiger partial charge is 0.325 e. The standard InChI is InChI=1S/C14H22N2O/c1-3-5-6-13(15)14(17)16-12-9-7-11(4-2)8-10-12/h7-10,13H,3-6,15H2,1-2H3,(H,16,17)/t13-/m0/s1. The van der Waals surface area contributed by atoms with Crippen molar-refractivity contribution in [2.24, 2.45) is 5.73 Å². The Morgan fingerprint density at radius 3 is 2.47 bits per heavy atom. The summed E-state index contributed by atoms with van der Waals surface area (Å²) in [7, 11) is 0. The van der Waals surface area contributed by atoms with Gasteiger partial charge in [-0.1, -0.05) is 38.8 Å². The van der Waals surface area contributed by atoms with Crippen molar-refractivity contribution >= 4 is 11.6 Å². The van der Waals surface area contributed by atoms with Crippen LogP contribution in [0.25, 0.3) is 0 Å². The van der Waals surface area contributed by atoms with Crippen LogP contribution in [0.2, 0.25) is 0 Å². The predicted octanol–water partition coefficient (Wildman–Crippen LogP) is 2.71. The highest BCUT2D eigenvalue weighted by atomic mass is 16.2. The summed E-state index contributed by atoms with van der Waals surface area (Å²) >= 11 is 0. The summed E-state index contributed by atoms with van der Waals surface area (Å²) in [6.45, 7) is 4.20. The Hall–Kier alpha value is -1.35. The molecule has 0 aliphatic rings. The first kappa shape index (κ1) is 13.7. The van der Waals surface area contributed by atoms with Crippen LogP contribution < -0.4 is 11.1 Å². The maximum atomic E-state index is 11.7. The van der Waals surface area contributed by atoms with E-state index in [1.807, 2.05) is 24.3 Å². The number of benzene rings is 1. The van der Waals surface area contributed by atoms with Gasteiger partial charge in [0, 0.05) is 5.69 Å². The molecule has 1 aromatic rings. The molecule has 0 radical (unpaired) electrons. The Balaban J connectivity index is 2.49. The number of carbonyl (C=O) groups is 1. The zero-order chi connectivity index (χ0) is 12.7. The number of unbranched alkanes of at least 4 members (excludes halogenated alkanes) is 1. The van der Waals surface area contributed by atoms with Gasteiger partial charge in [-0.3, -0.25) is 4.79 Å². The van der Waals surface area contributed by atoms with Crippen molar-refractivity contribution in [2.45, 2.75) is 45.6 Å². The summed E-state index contributed by atoms with van der Waals surface area (Å²) in [5, 5.41) is 2.84. The Labute approximate surface area is 103 Å². The number of rotatable bonds is 6. The highest BCUT2D eigenvalue weighted by molar-refractivity contribution is 5.94. The van der Waals surface area contributed by atoms with Gasteiger partial charge in [0.25, 0.3) is 0 Å². The van der Waals surface area contributed by atoms with Crippen molar-refractivity contribution < 1.29 is 4.79 Å². The van der Waals surface area contributed by atoms with Gasteiger partial charge in [0.2, 0.25) is 5.91 Å². The lowest BCUT2D eigenvalue weighted by Gasteiger charge is -2.11. The molecule has 0 bridgehead atoms. The SMILES string of the molecule is CCCC[C@H](N)C(=O)Nc1ccc(CC)cc1. The molecular weight excluding hydrogens is 212 g/mol. The third-order valence-electron chi connectivity index (χ3n) is 2.84. The topological polar surface area (TPSA) is 55.1 Å². The number of hydrogen-bond acceptors (Lipinski definition) is 2. The van der Waals surface area contributed by atoms with Gasteiger partial charge in [0.05, 0.1) is 6.04 Å². The predicted molar refractivity (Wildman–Crippen MR) is 72.0 cm³/mol. The van der Waals surface area contributed by atoms with E-state index in [1.54, 1.807) is 0 Å². The summed E-state index contributed by atoms with van der Waals surface area (Å²) in [5.74, 6) is -0.0947. The first-order valence-electron chi connectivity index (χ1n) is 6.32. The van der Waals surface area contributed by atoms with Gasteiger partial charge in [-0.05, 0) is 30.5 Å². The molecule has 0 unspecified atom stereocenters. The molecule has 3 nitrogen and oxygen atoms in total. The number of nitrogens with two attached hydrogens (primary N) is 1. The summed E-state index contributed by atoms with van der Waals surface area (Å²) < 4.78 is 0. The van der Waals surface area contributed by atoms with Gasteiger partial charge < -0.3 is 11.1 Å². The summed E-state index contributed by atoms with van der Waals surface area (Å²) in [6.07, 6.45) is 3.80. The van der Waals surface area contributed by atoms with Crippen LogP contribution in [0.5, 0.6) is 0 Å². The highest BCUT2D eigenvalue weighted by Gasteiger charge is 2.12. The van der Waals surface area contributed by atoms with E-state index in [0.717, 1.165) is 31.4 Å². The van der Waals surface area contributed by atoms with E-state index in [-0.39, 0.29) is 5.91 Å². The minimum Gasteiger partial charge on any atom is -0.325 e. The number of anilines is 1. The lowest BCUT2D eigenvalue weighted by molar-refractivity contribution is -0.117. The van der Waals surface area contributed by atoms with Crippen LogP contribution in [0, 0.1) is 0 Å². The molecule has 1 rings (SSSR count). The molecule has 0 saturated carbocycles. The number of hydrogen-bond donors (Lipinski definition) is 2. The third-order valence-corrected chi connectivity index (χ3v) is 2.84. The molecule has 17 heavy (non-hydrogen) atoms. The lowest BCUT2D eigenvalue weighted by Crippen LogP contribution is -2.35. The normalized spacial score (nSPS) is 12.2. The van der Waals surface area contributed by atoms with Crippen molar-refractivity contribution in [3.63, 3.8) is 0 Å². The molecule has 0 saturated heterocycles. The van der Waals surface area contributed by atoms with E-state index in [2.05, 4.69) is 19.2 Å². The smallest absolute Gasteiger partial charge is 0.241 e. The quantitative estimate of drug-likeness (QED) is 0.795. The molecule has 1 amide bonds. The van der Waals surface area contributed by atoms with Crippen LogP contribution >= 0.6 is 0 Å². The number of nitrogens with one attached hydrogen (secondary N) is 1. The second-order valence-corrected chi connectivity index (χ2v) is 4.29. The minimum atomic E-state index is -0.402. The van der Waals surface area contributed by atoms with Crippen LogP contribution in [-0.2, 0) is 11.2 Å². The van der Waals surface area contributed by atoms with Gasteiger partial charge >= 0.3 is 0 Å². The zero-order valence-electron chi connectivity index (χ0n) is 10.7. The molecule has 1 atom stereocenters. The molecule has 0 heterocycles. The van der Waals surface area contributed by atoms with Gasteiger partial charge in [-0.15, -0.1) is 0 Å². The van der Waals surface area contributed by atoms with E-state index < -0.39 is 6.04 Å². The fourth-order valence-corrected chi connectivity index (χ4v) is 1.61. The maximum Gasteiger partial charge on any atom is 0.241 e. The molecule has 0 fully saturated rings. The fraction of sp³-hybridized carbons (Fsp3) is 0.500. The number of amides is 1. The van der Waals surface area contributed by atoms with Crippen LogP contribution in [0.1, 0.15) is 38.7 Å². The average molecular weight is 234 g/mol. The average Bonchev–Trinajstić information content (AvgIpc) is 2.36. The molecule has 0 spiro atoms. The van der Waals surface area contributed by atoms with E-state index in [0.29, 0.717) is 0 Å². The van der Waals surface area contributed by atoms with E-state index >= 15 is 0 Å². The van der Waals surface area contributed by atoms with Crippen molar-refractivity contribution in [3.05, 3.63) is 29.8 Å². The summed E-state index contributed by atoms with van der Waals surface area (Å²) in [5.41, 5.74) is 7.88. The second kappa shape index (κ2) is 7.07. The van der Waals surface area contributed by atoms with Crippen LogP contribution in [0.15, 0.2) is 24.3 Å². The van der Waals surface area contributed by atoms with Crippen molar-refractivity contribution in [1.82, 2.24) is 0 Å². The second-order valence-electron chi connectivity index (χ2n) is 4.29. The lowest BCUT2D eigenvalue weighted by atomic mass is 10.1. The highest BCUT2D eigenvalue weighted by Crippen LogP contribution is 2.10. The van der Waals surface area contributed by atoms with Crippen molar-refractivity contribution in [2.75, 3.05) is 5.32 Å². The fourth-order valence-electron chi connectivity index (χ4n) is 1.61.